The molecule has 1 aliphatic rings. The van der Waals surface area contributed by atoms with Gasteiger partial charge in [0.15, 0.2) is 0 Å². The van der Waals surface area contributed by atoms with Gasteiger partial charge in [-0.25, -0.2) is 4.68 Å². The summed E-state index contributed by atoms with van der Waals surface area (Å²) in [5.41, 5.74) is 7.50. The molecule has 7 heteroatoms. The lowest BCUT2D eigenvalue weighted by atomic mass is 9.82. The van der Waals surface area contributed by atoms with E-state index in [0.717, 1.165) is 31.4 Å². The maximum atomic E-state index is 12.2. The van der Waals surface area contributed by atoms with Crippen LogP contribution in [-0.4, -0.2) is 38.2 Å². The molecular formula is C15H20N6O. The first kappa shape index (κ1) is 14.6. The summed E-state index contributed by atoms with van der Waals surface area (Å²) in [6.07, 6.45) is 7.00. The van der Waals surface area contributed by atoms with Gasteiger partial charge < -0.3 is 11.1 Å². The largest absolute Gasteiger partial charge is 0.350 e. The zero-order valence-corrected chi connectivity index (χ0v) is 12.4. The number of carbonyl (C=O) groups is 1. The molecule has 7 nitrogen and oxygen atoms in total. The number of carbonyl (C=O) groups excluding carboxylic acids is 1. The Morgan fingerprint density at radius 1 is 1.23 bits per heavy atom. The molecule has 0 aliphatic heterocycles. The van der Waals surface area contributed by atoms with Crippen LogP contribution in [0.15, 0.2) is 30.6 Å². The molecule has 1 heterocycles. The molecule has 3 N–H and O–H groups in total. The van der Waals surface area contributed by atoms with Crippen LogP contribution >= 0.6 is 0 Å². The third-order valence-corrected chi connectivity index (χ3v) is 4.19. The summed E-state index contributed by atoms with van der Waals surface area (Å²) >= 11 is 0. The van der Waals surface area contributed by atoms with Crippen molar-refractivity contribution in [2.45, 2.75) is 37.6 Å². The highest BCUT2D eigenvalue weighted by Gasteiger charge is 2.27. The zero-order chi connectivity index (χ0) is 15.4. The van der Waals surface area contributed by atoms with Gasteiger partial charge in [-0.05, 0) is 47.5 Å². The lowest BCUT2D eigenvalue weighted by Gasteiger charge is -2.33. The van der Waals surface area contributed by atoms with E-state index in [9.17, 15) is 4.79 Å². The van der Waals surface area contributed by atoms with Crippen molar-refractivity contribution in [3.8, 4) is 5.69 Å². The highest BCUT2D eigenvalue weighted by Crippen LogP contribution is 2.25. The van der Waals surface area contributed by atoms with E-state index in [1.165, 1.54) is 12.7 Å². The van der Waals surface area contributed by atoms with Crippen LogP contribution in [0, 0.1) is 0 Å². The SMILES string of the molecule is NC1(CNC(=O)c2ccc(-n3cnnn3)cc2)CCCCC1. The number of tetrazole rings is 1. The third-order valence-electron chi connectivity index (χ3n) is 4.19. The Bertz CT molecular complexity index is 616. The molecule has 0 saturated heterocycles. The van der Waals surface area contributed by atoms with Crippen molar-refractivity contribution in [2.24, 2.45) is 5.73 Å². The number of aromatic nitrogens is 4. The van der Waals surface area contributed by atoms with Crippen molar-refractivity contribution in [3.63, 3.8) is 0 Å². The lowest BCUT2D eigenvalue weighted by molar-refractivity contribution is 0.0937. The highest BCUT2D eigenvalue weighted by atomic mass is 16.1. The number of hydrogen-bond acceptors (Lipinski definition) is 5. The number of rotatable bonds is 4. The fraction of sp³-hybridized carbons (Fsp3) is 0.467. The van der Waals surface area contributed by atoms with Gasteiger partial charge in [0.1, 0.15) is 6.33 Å². The molecule has 0 atom stereocenters. The number of hydrogen-bond donors (Lipinski definition) is 2. The van der Waals surface area contributed by atoms with Crippen molar-refractivity contribution in [1.82, 2.24) is 25.5 Å². The van der Waals surface area contributed by atoms with E-state index in [2.05, 4.69) is 20.8 Å². The minimum absolute atomic E-state index is 0.0985. The molecule has 22 heavy (non-hydrogen) atoms. The van der Waals surface area contributed by atoms with E-state index in [1.807, 2.05) is 12.1 Å². The van der Waals surface area contributed by atoms with Gasteiger partial charge in [0.05, 0.1) is 5.69 Å². The summed E-state index contributed by atoms with van der Waals surface area (Å²) in [4.78, 5) is 12.2. The maximum Gasteiger partial charge on any atom is 0.251 e. The van der Waals surface area contributed by atoms with Crippen LogP contribution in [0.1, 0.15) is 42.5 Å². The topological polar surface area (TPSA) is 98.7 Å². The minimum atomic E-state index is -0.250. The zero-order valence-electron chi connectivity index (χ0n) is 12.4. The van der Waals surface area contributed by atoms with Crippen molar-refractivity contribution < 1.29 is 4.79 Å². The standard InChI is InChI=1S/C15H20N6O/c16-15(8-2-1-3-9-15)10-17-14(22)12-4-6-13(7-5-12)21-11-18-19-20-21/h4-7,11H,1-3,8-10,16H2,(H,17,22). The van der Waals surface area contributed by atoms with E-state index >= 15 is 0 Å². The molecule has 0 radical (unpaired) electrons. The first-order valence-electron chi connectivity index (χ1n) is 7.57. The summed E-state index contributed by atoms with van der Waals surface area (Å²) in [5, 5.41) is 13.9. The average Bonchev–Trinajstić information content (AvgIpc) is 3.08. The second kappa shape index (κ2) is 6.23. The van der Waals surface area contributed by atoms with Crippen LogP contribution in [0.5, 0.6) is 0 Å². The second-order valence-corrected chi connectivity index (χ2v) is 5.91. The average molecular weight is 300 g/mol. The Morgan fingerprint density at radius 2 is 1.95 bits per heavy atom. The van der Waals surface area contributed by atoms with E-state index in [4.69, 9.17) is 5.73 Å². The fourth-order valence-electron chi connectivity index (χ4n) is 2.84. The smallest absolute Gasteiger partial charge is 0.251 e. The predicted octanol–water partition coefficient (Wildman–Crippen LogP) is 1.05. The highest BCUT2D eigenvalue weighted by molar-refractivity contribution is 5.94. The number of nitrogens with one attached hydrogen (secondary N) is 1. The number of nitrogens with zero attached hydrogens (tertiary/aromatic N) is 4. The van der Waals surface area contributed by atoms with E-state index in [1.54, 1.807) is 16.8 Å². The van der Waals surface area contributed by atoms with Crippen molar-refractivity contribution in [2.75, 3.05) is 6.54 Å². The van der Waals surface area contributed by atoms with Gasteiger partial charge in [0.2, 0.25) is 0 Å². The molecule has 0 unspecified atom stereocenters. The van der Waals surface area contributed by atoms with Crippen molar-refractivity contribution in [3.05, 3.63) is 36.2 Å². The Hall–Kier alpha value is -2.28. The Balaban J connectivity index is 1.60. The Labute approximate surface area is 128 Å². The first-order chi connectivity index (χ1) is 10.7. The Morgan fingerprint density at radius 3 is 2.59 bits per heavy atom. The number of nitrogens with two attached hydrogens (primary N) is 1. The molecule has 3 rings (SSSR count). The van der Waals surface area contributed by atoms with Crippen LogP contribution in [0.25, 0.3) is 5.69 Å². The molecule has 1 aromatic carbocycles. The van der Waals surface area contributed by atoms with E-state index in [0.29, 0.717) is 12.1 Å². The van der Waals surface area contributed by atoms with E-state index in [-0.39, 0.29) is 11.4 Å². The second-order valence-electron chi connectivity index (χ2n) is 5.91. The maximum absolute atomic E-state index is 12.2. The summed E-state index contributed by atoms with van der Waals surface area (Å²) in [7, 11) is 0. The van der Waals surface area contributed by atoms with Crippen LogP contribution in [0.2, 0.25) is 0 Å². The normalized spacial score (nSPS) is 17.1. The number of benzene rings is 1. The summed E-state index contributed by atoms with van der Waals surface area (Å²) in [6, 6.07) is 7.14. The van der Waals surface area contributed by atoms with Crippen LogP contribution in [0.3, 0.4) is 0 Å². The quantitative estimate of drug-likeness (QED) is 0.879. The van der Waals surface area contributed by atoms with Gasteiger partial charge in [-0.15, -0.1) is 5.10 Å². The van der Waals surface area contributed by atoms with Gasteiger partial charge in [-0.3, -0.25) is 4.79 Å². The van der Waals surface area contributed by atoms with Gasteiger partial charge in [0, 0.05) is 17.6 Å². The van der Waals surface area contributed by atoms with Gasteiger partial charge in [-0.1, -0.05) is 19.3 Å². The lowest BCUT2D eigenvalue weighted by Crippen LogP contribution is -2.51. The van der Waals surface area contributed by atoms with Crippen LogP contribution in [0.4, 0.5) is 0 Å². The van der Waals surface area contributed by atoms with E-state index < -0.39 is 0 Å². The van der Waals surface area contributed by atoms with Crippen LogP contribution in [-0.2, 0) is 0 Å². The van der Waals surface area contributed by atoms with Crippen molar-refractivity contribution >= 4 is 5.91 Å². The predicted molar refractivity (Wildman–Crippen MR) is 81.5 cm³/mol. The molecule has 1 saturated carbocycles. The molecule has 1 aliphatic carbocycles. The molecular weight excluding hydrogens is 280 g/mol. The molecule has 0 spiro atoms. The molecule has 116 valence electrons. The summed E-state index contributed by atoms with van der Waals surface area (Å²) < 4.78 is 1.54. The summed E-state index contributed by atoms with van der Waals surface area (Å²) in [5.74, 6) is -0.0985. The van der Waals surface area contributed by atoms with Crippen molar-refractivity contribution in [1.29, 1.82) is 0 Å². The molecule has 1 fully saturated rings. The van der Waals surface area contributed by atoms with Crippen LogP contribution < -0.4 is 11.1 Å². The summed E-state index contributed by atoms with van der Waals surface area (Å²) in [6.45, 7) is 0.528. The molecule has 0 bridgehead atoms. The molecule has 1 amide bonds. The first-order valence-corrected chi connectivity index (χ1v) is 7.57. The molecule has 1 aromatic heterocycles. The Kier molecular flexibility index (Phi) is 4.15. The number of amides is 1. The third kappa shape index (κ3) is 3.30. The fourth-order valence-corrected chi connectivity index (χ4v) is 2.84. The van der Waals surface area contributed by atoms with Gasteiger partial charge in [0.25, 0.3) is 5.91 Å². The molecule has 2 aromatic rings. The monoisotopic (exact) mass is 300 g/mol. The van der Waals surface area contributed by atoms with Gasteiger partial charge in [-0.2, -0.15) is 0 Å². The minimum Gasteiger partial charge on any atom is -0.350 e. The van der Waals surface area contributed by atoms with Gasteiger partial charge >= 0.3 is 0 Å².